The van der Waals surface area contributed by atoms with Crippen LogP contribution in [0.3, 0.4) is 0 Å². The summed E-state index contributed by atoms with van der Waals surface area (Å²) in [5.74, 6) is 1.40. The molecule has 0 amide bonds. The van der Waals surface area contributed by atoms with Crippen molar-refractivity contribution < 1.29 is 4.74 Å². The first-order chi connectivity index (χ1) is 11.1. The Labute approximate surface area is 140 Å². The van der Waals surface area contributed by atoms with Crippen LogP contribution in [-0.4, -0.2) is 36.3 Å². The van der Waals surface area contributed by atoms with Crippen molar-refractivity contribution in [2.45, 2.75) is 13.0 Å². The topological polar surface area (TPSA) is 76.3 Å². The lowest BCUT2D eigenvalue weighted by molar-refractivity contribution is 0.122. The second-order valence-corrected chi connectivity index (χ2v) is 5.93. The Hall–Kier alpha value is -1.89. The van der Waals surface area contributed by atoms with Crippen LogP contribution in [-0.2, 0) is 4.74 Å². The summed E-state index contributed by atoms with van der Waals surface area (Å²) in [6.45, 7) is 4.85. The van der Waals surface area contributed by atoms with E-state index < -0.39 is 0 Å². The highest BCUT2D eigenvalue weighted by atomic mass is 35.5. The van der Waals surface area contributed by atoms with Gasteiger partial charge in [0.05, 0.1) is 18.9 Å². The van der Waals surface area contributed by atoms with Gasteiger partial charge in [0.25, 0.3) is 0 Å². The molecule has 3 rings (SSSR count). The third-order valence-electron chi connectivity index (χ3n) is 3.61. The van der Waals surface area contributed by atoms with E-state index >= 15 is 0 Å². The Bertz CT molecular complexity index is 656. The van der Waals surface area contributed by atoms with Gasteiger partial charge in [0.15, 0.2) is 0 Å². The zero-order valence-corrected chi connectivity index (χ0v) is 13.8. The predicted octanol–water partition coefficient (Wildman–Crippen LogP) is 2.73. The fourth-order valence-electron chi connectivity index (χ4n) is 2.34. The Kier molecular flexibility index (Phi) is 4.95. The molecule has 0 unspecified atom stereocenters. The van der Waals surface area contributed by atoms with Gasteiger partial charge in [-0.3, -0.25) is 0 Å². The van der Waals surface area contributed by atoms with E-state index in [1.165, 1.54) is 0 Å². The molecule has 1 aliphatic heterocycles. The summed E-state index contributed by atoms with van der Waals surface area (Å²) in [7, 11) is 0. The number of hydrogen-bond acceptors (Lipinski definition) is 6. The van der Waals surface area contributed by atoms with Crippen molar-refractivity contribution in [3.63, 3.8) is 0 Å². The number of morpholine rings is 1. The minimum Gasteiger partial charge on any atom is -0.378 e. The number of benzene rings is 1. The zero-order valence-electron chi connectivity index (χ0n) is 13.0. The number of anilines is 3. The van der Waals surface area contributed by atoms with Gasteiger partial charge >= 0.3 is 0 Å². The second-order valence-electron chi connectivity index (χ2n) is 5.50. The molecule has 122 valence electrons. The number of hydrogen-bond donors (Lipinski definition) is 2. The maximum Gasteiger partial charge on any atom is 0.227 e. The van der Waals surface area contributed by atoms with Crippen LogP contribution in [0.5, 0.6) is 0 Å². The molecule has 0 spiro atoms. The van der Waals surface area contributed by atoms with Gasteiger partial charge in [-0.25, -0.2) is 4.98 Å². The normalized spacial score (nSPS) is 16.2. The van der Waals surface area contributed by atoms with E-state index in [1.807, 2.05) is 37.3 Å². The number of nitrogens with zero attached hydrogens (tertiary/aromatic N) is 3. The molecule has 1 aromatic heterocycles. The fraction of sp³-hybridized carbons (Fsp3) is 0.375. The average Bonchev–Trinajstić information content (AvgIpc) is 2.57. The van der Waals surface area contributed by atoms with Gasteiger partial charge in [-0.15, -0.1) is 0 Å². The number of halogens is 1. The molecule has 7 heteroatoms. The molecule has 1 atom stereocenters. The van der Waals surface area contributed by atoms with Gasteiger partial charge in [0.2, 0.25) is 5.95 Å². The summed E-state index contributed by atoms with van der Waals surface area (Å²) in [5.41, 5.74) is 7.73. The molecular formula is C16H20ClN5O. The monoisotopic (exact) mass is 333 g/mol. The first-order valence-corrected chi connectivity index (χ1v) is 7.99. The van der Waals surface area contributed by atoms with Crippen LogP contribution in [0.25, 0.3) is 0 Å². The van der Waals surface area contributed by atoms with Crippen LogP contribution in [0.4, 0.5) is 17.5 Å². The van der Waals surface area contributed by atoms with Gasteiger partial charge in [-0.2, -0.15) is 4.98 Å². The van der Waals surface area contributed by atoms with Crippen LogP contribution in [0, 0.1) is 0 Å². The predicted molar refractivity (Wildman–Crippen MR) is 92.4 cm³/mol. The molecule has 1 fully saturated rings. The van der Waals surface area contributed by atoms with Crippen LogP contribution >= 0.6 is 11.6 Å². The second kappa shape index (κ2) is 7.12. The molecule has 23 heavy (non-hydrogen) atoms. The van der Waals surface area contributed by atoms with Crippen molar-refractivity contribution in [1.29, 1.82) is 0 Å². The Morgan fingerprint density at radius 3 is 2.57 bits per heavy atom. The number of aromatic nitrogens is 2. The number of nitrogens with two attached hydrogens (primary N) is 1. The SMILES string of the molecule is C[C@@H](N)c1cc(Nc2ccc(Cl)cc2)nc(N2CCOCC2)n1. The minimum atomic E-state index is -0.163. The Morgan fingerprint density at radius 1 is 1.22 bits per heavy atom. The van der Waals surface area contributed by atoms with Crippen molar-refractivity contribution in [3.8, 4) is 0 Å². The molecule has 0 bridgehead atoms. The third kappa shape index (κ3) is 4.10. The van der Waals surface area contributed by atoms with Crippen LogP contribution < -0.4 is 16.0 Å². The standard InChI is InChI=1S/C16H20ClN5O/c1-11(18)14-10-15(19-13-4-2-12(17)3-5-13)21-16(20-14)22-6-8-23-9-7-22/h2-5,10-11H,6-9,18H2,1H3,(H,19,20,21)/t11-/m1/s1. The van der Waals surface area contributed by atoms with E-state index in [0.717, 1.165) is 30.3 Å². The maximum absolute atomic E-state index is 6.02. The van der Waals surface area contributed by atoms with Gasteiger partial charge in [-0.1, -0.05) is 11.6 Å². The lowest BCUT2D eigenvalue weighted by atomic mass is 10.2. The molecule has 2 heterocycles. The van der Waals surface area contributed by atoms with Crippen molar-refractivity contribution in [1.82, 2.24) is 9.97 Å². The molecule has 2 aromatic rings. The number of rotatable bonds is 4. The summed E-state index contributed by atoms with van der Waals surface area (Å²) in [4.78, 5) is 11.3. The Balaban J connectivity index is 1.88. The molecule has 0 aliphatic carbocycles. The van der Waals surface area contributed by atoms with E-state index in [4.69, 9.17) is 22.1 Å². The van der Waals surface area contributed by atoms with E-state index in [9.17, 15) is 0 Å². The summed E-state index contributed by atoms with van der Waals surface area (Å²) in [5, 5.41) is 3.98. The van der Waals surface area contributed by atoms with E-state index in [2.05, 4.69) is 20.2 Å². The zero-order chi connectivity index (χ0) is 16.2. The van der Waals surface area contributed by atoms with Gasteiger partial charge in [0.1, 0.15) is 5.82 Å². The summed E-state index contributed by atoms with van der Waals surface area (Å²) in [6, 6.07) is 9.20. The average molecular weight is 334 g/mol. The molecular weight excluding hydrogens is 314 g/mol. The van der Waals surface area contributed by atoms with E-state index in [0.29, 0.717) is 24.2 Å². The Morgan fingerprint density at radius 2 is 1.91 bits per heavy atom. The quantitative estimate of drug-likeness (QED) is 0.896. The highest BCUT2D eigenvalue weighted by Crippen LogP contribution is 2.22. The van der Waals surface area contributed by atoms with E-state index in [-0.39, 0.29) is 6.04 Å². The lowest BCUT2D eigenvalue weighted by Crippen LogP contribution is -2.37. The van der Waals surface area contributed by atoms with Gasteiger partial charge < -0.3 is 20.7 Å². The van der Waals surface area contributed by atoms with Gasteiger partial charge in [0, 0.05) is 35.9 Å². The van der Waals surface area contributed by atoms with Crippen LogP contribution in [0.15, 0.2) is 30.3 Å². The number of ether oxygens (including phenoxy) is 1. The molecule has 1 aliphatic rings. The fourth-order valence-corrected chi connectivity index (χ4v) is 2.46. The highest BCUT2D eigenvalue weighted by molar-refractivity contribution is 6.30. The minimum absolute atomic E-state index is 0.163. The van der Waals surface area contributed by atoms with Crippen molar-refractivity contribution >= 4 is 29.1 Å². The lowest BCUT2D eigenvalue weighted by Gasteiger charge is -2.27. The van der Waals surface area contributed by atoms with Crippen molar-refractivity contribution in [3.05, 3.63) is 41.0 Å². The first-order valence-electron chi connectivity index (χ1n) is 7.61. The van der Waals surface area contributed by atoms with Gasteiger partial charge in [-0.05, 0) is 31.2 Å². The van der Waals surface area contributed by atoms with Crippen LogP contribution in [0.2, 0.25) is 5.02 Å². The maximum atomic E-state index is 6.02. The largest absolute Gasteiger partial charge is 0.378 e. The molecule has 1 aromatic carbocycles. The summed E-state index contributed by atoms with van der Waals surface area (Å²) < 4.78 is 5.39. The molecule has 0 saturated carbocycles. The molecule has 1 saturated heterocycles. The molecule has 6 nitrogen and oxygen atoms in total. The van der Waals surface area contributed by atoms with E-state index in [1.54, 1.807) is 0 Å². The third-order valence-corrected chi connectivity index (χ3v) is 3.86. The summed E-state index contributed by atoms with van der Waals surface area (Å²) in [6.07, 6.45) is 0. The highest BCUT2D eigenvalue weighted by Gasteiger charge is 2.16. The molecule has 0 radical (unpaired) electrons. The molecule has 3 N–H and O–H groups in total. The van der Waals surface area contributed by atoms with Crippen LogP contribution in [0.1, 0.15) is 18.7 Å². The van der Waals surface area contributed by atoms with Crippen molar-refractivity contribution in [2.24, 2.45) is 5.73 Å². The number of nitrogens with one attached hydrogen (secondary N) is 1. The van der Waals surface area contributed by atoms with Crippen molar-refractivity contribution in [2.75, 3.05) is 36.5 Å². The summed E-state index contributed by atoms with van der Waals surface area (Å²) >= 11 is 5.92. The first kappa shape index (κ1) is 16.0. The smallest absolute Gasteiger partial charge is 0.227 e.